The summed E-state index contributed by atoms with van der Waals surface area (Å²) in [5.74, 6) is -0.289. The highest BCUT2D eigenvalue weighted by Crippen LogP contribution is 2.41. The fourth-order valence-corrected chi connectivity index (χ4v) is 2.88. The summed E-state index contributed by atoms with van der Waals surface area (Å²) in [6, 6.07) is 7.66. The van der Waals surface area contributed by atoms with Gasteiger partial charge in [0.2, 0.25) is 0 Å². The Morgan fingerprint density at radius 3 is 1.95 bits per heavy atom. The van der Waals surface area contributed by atoms with Crippen LogP contribution in [-0.4, -0.2) is 6.61 Å². The van der Waals surface area contributed by atoms with Gasteiger partial charge in [-0.25, -0.2) is 0 Å². The Kier molecular flexibility index (Phi) is 5.51. The lowest BCUT2D eigenvalue weighted by atomic mass is 9.98. The number of rotatable bonds is 3. The second-order valence-corrected chi connectivity index (χ2v) is 6.70. The summed E-state index contributed by atoms with van der Waals surface area (Å²) in [7, 11) is 0. The molecule has 0 atom stereocenters. The predicted octanol–water partition coefficient (Wildman–Crippen LogP) is 6.18. The monoisotopic (exact) mass is 540 g/mol. The van der Waals surface area contributed by atoms with Crippen LogP contribution < -0.4 is 4.74 Å². The summed E-state index contributed by atoms with van der Waals surface area (Å²) in [6.07, 6.45) is -4.59. The molecule has 0 saturated carbocycles. The number of hydrogen-bond acceptors (Lipinski definition) is 1. The molecule has 0 bridgehead atoms. The summed E-state index contributed by atoms with van der Waals surface area (Å²) in [6.45, 7) is -3.11. The van der Waals surface area contributed by atoms with Gasteiger partial charge in [-0.15, -0.1) is 0 Å². The van der Waals surface area contributed by atoms with Gasteiger partial charge in [0.05, 0.1) is 5.56 Å². The smallest absolute Gasteiger partial charge is 0.417 e. The van der Waals surface area contributed by atoms with Crippen molar-refractivity contribution in [3.63, 3.8) is 0 Å². The van der Waals surface area contributed by atoms with E-state index in [-0.39, 0.29) is 16.9 Å². The molecule has 2 rings (SSSR count). The summed E-state index contributed by atoms with van der Waals surface area (Å²) in [4.78, 5) is 0. The predicted molar refractivity (Wildman–Crippen MR) is 88.9 cm³/mol. The number of hydrogen-bond donors (Lipinski definition) is 0. The van der Waals surface area contributed by atoms with E-state index in [4.69, 9.17) is 0 Å². The third kappa shape index (κ3) is 4.21. The van der Waals surface area contributed by atoms with Crippen molar-refractivity contribution in [1.82, 2.24) is 0 Å². The molecule has 0 N–H and O–H groups in total. The lowest BCUT2D eigenvalue weighted by Crippen LogP contribution is -2.09. The van der Waals surface area contributed by atoms with E-state index in [9.17, 15) is 22.0 Å². The van der Waals surface area contributed by atoms with Crippen LogP contribution in [0.2, 0.25) is 0 Å². The van der Waals surface area contributed by atoms with Crippen molar-refractivity contribution in [2.75, 3.05) is 0 Å². The third-order valence-corrected chi connectivity index (χ3v) is 4.08. The Hall–Kier alpha value is -0.650. The van der Waals surface area contributed by atoms with E-state index in [1.54, 1.807) is 0 Å². The van der Waals surface area contributed by atoms with Crippen LogP contribution in [-0.2, 0) is 6.18 Å². The Labute approximate surface area is 150 Å². The van der Waals surface area contributed by atoms with Gasteiger partial charge < -0.3 is 4.74 Å². The van der Waals surface area contributed by atoms with Gasteiger partial charge in [0, 0.05) is 12.7 Å². The molecule has 22 heavy (non-hydrogen) atoms. The first kappa shape index (κ1) is 17.7. The molecule has 0 saturated heterocycles. The minimum Gasteiger partial charge on any atom is -0.434 e. The van der Waals surface area contributed by atoms with Crippen LogP contribution in [0.5, 0.6) is 5.75 Å². The number of alkyl halides is 5. The van der Waals surface area contributed by atoms with E-state index in [0.717, 1.165) is 6.07 Å². The van der Waals surface area contributed by atoms with Gasteiger partial charge >= 0.3 is 12.8 Å². The normalized spacial score (nSPS) is 11.8. The van der Waals surface area contributed by atoms with Crippen LogP contribution >= 0.6 is 45.2 Å². The molecule has 0 heterocycles. The fraction of sp³-hybridized carbons (Fsp3) is 0.143. The van der Waals surface area contributed by atoms with Crippen molar-refractivity contribution < 1.29 is 26.7 Å². The number of benzene rings is 2. The zero-order chi connectivity index (χ0) is 16.5. The van der Waals surface area contributed by atoms with Crippen molar-refractivity contribution >= 4 is 45.2 Å². The van der Waals surface area contributed by atoms with E-state index >= 15 is 0 Å². The van der Waals surface area contributed by atoms with Crippen molar-refractivity contribution in [3.05, 3.63) is 49.1 Å². The van der Waals surface area contributed by atoms with Gasteiger partial charge in [-0.1, -0.05) is 0 Å². The number of halogens is 7. The maximum absolute atomic E-state index is 13.2. The molecule has 0 aliphatic carbocycles. The topological polar surface area (TPSA) is 9.23 Å². The first-order valence-electron chi connectivity index (χ1n) is 5.80. The SMILES string of the molecule is FC(F)Oc1ccc(I)cc1-c1cc(I)ccc1C(F)(F)F. The van der Waals surface area contributed by atoms with Crippen molar-refractivity contribution in [2.45, 2.75) is 12.8 Å². The molecule has 0 fully saturated rings. The summed E-state index contributed by atoms with van der Waals surface area (Å²) in [5, 5.41) is 0. The molecule has 0 aromatic heterocycles. The van der Waals surface area contributed by atoms with E-state index in [1.165, 1.54) is 30.3 Å². The van der Waals surface area contributed by atoms with Crippen LogP contribution in [0.15, 0.2) is 36.4 Å². The molecule has 1 nitrogen and oxygen atoms in total. The quantitative estimate of drug-likeness (QED) is 0.334. The van der Waals surface area contributed by atoms with Gasteiger partial charge in [0.25, 0.3) is 0 Å². The molecule has 0 aliphatic heterocycles. The molecule has 0 aliphatic rings. The van der Waals surface area contributed by atoms with Crippen LogP contribution in [0.1, 0.15) is 5.56 Å². The van der Waals surface area contributed by atoms with Crippen LogP contribution in [0.25, 0.3) is 11.1 Å². The third-order valence-electron chi connectivity index (χ3n) is 2.73. The van der Waals surface area contributed by atoms with Crippen LogP contribution in [0.4, 0.5) is 22.0 Å². The molecule has 118 valence electrons. The van der Waals surface area contributed by atoms with Gasteiger partial charge in [-0.3, -0.25) is 0 Å². The van der Waals surface area contributed by atoms with Crippen molar-refractivity contribution in [2.24, 2.45) is 0 Å². The lowest BCUT2D eigenvalue weighted by molar-refractivity contribution is -0.137. The van der Waals surface area contributed by atoms with Crippen LogP contribution in [0, 0.1) is 7.14 Å². The highest BCUT2D eigenvalue weighted by atomic mass is 127. The Morgan fingerprint density at radius 2 is 1.41 bits per heavy atom. The van der Waals surface area contributed by atoms with Gasteiger partial charge in [0.15, 0.2) is 0 Å². The first-order chi connectivity index (χ1) is 10.2. The minimum absolute atomic E-state index is 0.0157. The molecule has 2 aromatic rings. The summed E-state index contributed by atoms with van der Waals surface area (Å²) in [5.41, 5.74) is -1.10. The Bertz CT molecular complexity index is 685. The molecule has 0 spiro atoms. The maximum atomic E-state index is 13.2. The zero-order valence-electron chi connectivity index (χ0n) is 10.6. The second kappa shape index (κ2) is 6.85. The standard InChI is InChI=1S/C14H7F5I2O/c15-13(16)22-12-4-2-8(21)6-10(12)9-5-7(20)1-3-11(9)14(17,18)19/h1-6,13H. The van der Waals surface area contributed by atoms with E-state index in [2.05, 4.69) is 4.74 Å². The highest BCUT2D eigenvalue weighted by molar-refractivity contribution is 14.1. The molecular formula is C14H7F5I2O. The van der Waals surface area contributed by atoms with E-state index in [1.807, 2.05) is 45.2 Å². The minimum atomic E-state index is -4.59. The molecule has 2 aromatic carbocycles. The fourth-order valence-electron chi connectivity index (χ4n) is 1.90. The average Bonchev–Trinajstić information content (AvgIpc) is 2.38. The lowest BCUT2D eigenvalue weighted by Gasteiger charge is -2.17. The Morgan fingerprint density at radius 1 is 0.864 bits per heavy atom. The summed E-state index contributed by atoms with van der Waals surface area (Å²) >= 11 is 3.76. The molecule has 0 amide bonds. The van der Waals surface area contributed by atoms with Gasteiger partial charge in [0.1, 0.15) is 5.75 Å². The number of ether oxygens (including phenoxy) is 1. The van der Waals surface area contributed by atoms with Crippen LogP contribution in [0.3, 0.4) is 0 Å². The summed E-state index contributed by atoms with van der Waals surface area (Å²) < 4.78 is 70.0. The van der Waals surface area contributed by atoms with Crippen molar-refractivity contribution in [3.8, 4) is 16.9 Å². The highest BCUT2D eigenvalue weighted by Gasteiger charge is 2.34. The largest absolute Gasteiger partial charge is 0.434 e. The Balaban J connectivity index is 2.70. The maximum Gasteiger partial charge on any atom is 0.417 e. The molecule has 8 heteroatoms. The van der Waals surface area contributed by atoms with E-state index < -0.39 is 18.4 Å². The average molecular weight is 540 g/mol. The van der Waals surface area contributed by atoms with Gasteiger partial charge in [-0.05, 0) is 87.1 Å². The second-order valence-electron chi connectivity index (χ2n) is 4.21. The molecular weight excluding hydrogens is 533 g/mol. The first-order valence-corrected chi connectivity index (χ1v) is 7.95. The molecule has 0 radical (unpaired) electrons. The van der Waals surface area contributed by atoms with Gasteiger partial charge in [-0.2, -0.15) is 22.0 Å². The van der Waals surface area contributed by atoms with Crippen molar-refractivity contribution in [1.29, 1.82) is 0 Å². The van der Waals surface area contributed by atoms with E-state index in [0.29, 0.717) is 7.14 Å². The molecule has 0 unspecified atom stereocenters. The zero-order valence-corrected chi connectivity index (χ0v) is 14.9.